The first-order valence-corrected chi connectivity index (χ1v) is 7.85. The van der Waals surface area contributed by atoms with E-state index >= 15 is 0 Å². The van der Waals surface area contributed by atoms with Gasteiger partial charge in [-0.25, -0.2) is 0 Å². The Balaban J connectivity index is 0.00000192. The van der Waals surface area contributed by atoms with E-state index in [1.165, 1.54) is 0 Å². The molecule has 4 heteroatoms. The molecule has 1 atom stereocenters. The Hall–Kier alpha value is -1.84. The maximum atomic E-state index is 12.8. The van der Waals surface area contributed by atoms with Crippen molar-refractivity contribution in [3.8, 4) is 0 Å². The van der Waals surface area contributed by atoms with Crippen molar-refractivity contribution in [2.45, 2.75) is 24.9 Å². The van der Waals surface area contributed by atoms with E-state index < -0.39 is 0 Å². The molecule has 0 aliphatic carbocycles. The van der Waals surface area contributed by atoms with Gasteiger partial charge in [0.05, 0.1) is 0 Å². The molecule has 23 heavy (non-hydrogen) atoms. The lowest BCUT2D eigenvalue weighted by Crippen LogP contribution is -2.37. The molecule has 3 rings (SSSR count). The first-order valence-electron chi connectivity index (χ1n) is 7.85. The fourth-order valence-electron chi connectivity index (χ4n) is 2.91. The highest BCUT2D eigenvalue weighted by Crippen LogP contribution is 2.27. The van der Waals surface area contributed by atoms with Gasteiger partial charge in [0.2, 0.25) is 0 Å². The number of halogens is 1. The molecule has 2 aromatic carbocycles. The molecule has 0 bridgehead atoms. The van der Waals surface area contributed by atoms with Gasteiger partial charge in [-0.2, -0.15) is 0 Å². The number of hydrogen-bond donors (Lipinski definition) is 1. The molecule has 2 aromatic rings. The van der Waals surface area contributed by atoms with E-state index in [2.05, 4.69) is 5.32 Å². The number of carbonyl (C=O) groups is 1. The lowest BCUT2D eigenvalue weighted by Gasteiger charge is -2.25. The molecule has 1 aliphatic heterocycles. The van der Waals surface area contributed by atoms with E-state index in [0.717, 1.165) is 37.1 Å². The van der Waals surface area contributed by atoms with Crippen LogP contribution in [0.5, 0.6) is 0 Å². The van der Waals surface area contributed by atoms with Gasteiger partial charge in [-0.05, 0) is 30.5 Å². The third-order valence-electron chi connectivity index (χ3n) is 4.04. The van der Waals surface area contributed by atoms with E-state index in [4.69, 9.17) is 4.74 Å². The molecule has 1 unspecified atom stereocenters. The van der Waals surface area contributed by atoms with E-state index in [1.54, 1.807) is 0 Å². The van der Waals surface area contributed by atoms with Crippen LogP contribution in [0, 0.1) is 0 Å². The Morgan fingerprint density at radius 3 is 2.04 bits per heavy atom. The lowest BCUT2D eigenvalue weighted by molar-refractivity contribution is -0.150. The summed E-state index contributed by atoms with van der Waals surface area (Å²) < 4.78 is 5.76. The van der Waals surface area contributed by atoms with E-state index in [9.17, 15) is 4.79 Å². The normalized spacial score (nSPS) is 17.3. The third-order valence-corrected chi connectivity index (χ3v) is 4.04. The van der Waals surface area contributed by atoms with Crippen LogP contribution in [0.1, 0.15) is 29.9 Å². The van der Waals surface area contributed by atoms with Crippen molar-refractivity contribution < 1.29 is 9.53 Å². The van der Waals surface area contributed by atoms with Gasteiger partial charge in [-0.3, -0.25) is 4.79 Å². The summed E-state index contributed by atoms with van der Waals surface area (Å²) in [6.45, 7) is 1.76. The summed E-state index contributed by atoms with van der Waals surface area (Å²) in [4.78, 5) is 12.8. The Morgan fingerprint density at radius 1 is 1.00 bits per heavy atom. The van der Waals surface area contributed by atoms with Gasteiger partial charge in [0.15, 0.2) is 0 Å². The van der Waals surface area contributed by atoms with Gasteiger partial charge >= 0.3 is 5.97 Å². The van der Waals surface area contributed by atoms with Gasteiger partial charge in [-0.1, -0.05) is 60.7 Å². The predicted molar refractivity (Wildman–Crippen MR) is 94.0 cm³/mol. The van der Waals surface area contributed by atoms with Gasteiger partial charge in [0, 0.05) is 6.54 Å². The molecule has 0 aromatic heterocycles. The summed E-state index contributed by atoms with van der Waals surface area (Å²) in [7, 11) is 0. The van der Waals surface area contributed by atoms with Crippen molar-refractivity contribution >= 4 is 18.4 Å². The fraction of sp³-hybridized carbons (Fsp3) is 0.316. The molecule has 0 amide bonds. The van der Waals surface area contributed by atoms with E-state index in [-0.39, 0.29) is 30.4 Å². The van der Waals surface area contributed by atoms with E-state index in [0.29, 0.717) is 0 Å². The summed E-state index contributed by atoms with van der Waals surface area (Å²) >= 11 is 0. The number of piperidine rings is 1. The number of rotatable bonds is 4. The zero-order valence-electron chi connectivity index (χ0n) is 13.0. The van der Waals surface area contributed by atoms with Gasteiger partial charge in [0.1, 0.15) is 12.0 Å². The first kappa shape index (κ1) is 17.5. The highest BCUT2D eigenvalue weighted by atomic mass is 35.5. The SMILES string of the molecule is Cl.O=C(OC1CCCNC1)C(c1ccccc1)c1ccccc1. The average Bonchev–Trinajstić information content (AvgIpc) is 2.58. The largest absolute Gasteiger partial charge is 0.460 e. The maximum absolute atomic E-state index is 12.8. The molecule has 0 spiro atoms. The monoisotopic (exact) mass is 331 g/mol. The molecule has 1 aliphatic rings. The smallest absolute Gasteiger partial charge is 0.318 e. The molecule has 1 N–H and O–H groups in total. The highest BCUT2D eigenvalue weighted by Gasteiger charge is 2.27. The minimum atomic E-state index is -0.357. The van der Waals surface area contributed by atoms with Gasteiger partial charge < -0.3 is 10.1 Å². The second kappa shape index (κ2) is 8.70. The van der Waals surface area contributed by atoms with E-state index in [1.807, 2.05) is 60.7 Å². The topological polar surface area (TPSA) is 38.3 Å². The molecule has 1 fully saturated rings. The Labute approximate surface area is 143 Å². The number of esters is 1. The van der Waals surface area contributed by atoms with Crippen molar-refractivity contribution in [3.05, 3.63) is 71.8 Å². The van der Waals surface area contributed by atoms with Crippen molar-refractivity contribution in [1.82, 2.24) is 5.32 Å². The summed E-state index contributed by atoms with van der Waals surface area (Å²) in [6.07, 6.45) is 1.98. The van der Waals surface area contributed by atoms with Gasteiger partial charge in [0.25, 0.3) is 0 Å². The van der Waals surface area contributed by atoms with Crippen LogP contribution in [0.25, 0.3) is 0 Å². The molecule has 0 saturated carbocycles. The number of carbonyl (C=O) groups excluding carboxylic acids is 1. The summed E-state index contributed by atoms with van der Waals surface area (Å²) in [5.41, 5.74) is 1.95. The second-order valence-electron chi connectivity index (χ2n) is 5.66. The Morgan fingerprint density at radius 2 is 1.57 bits per heavy atom. The lowest BCUT2D eigenvalue weighted by atomic mass is 9.91. The fourth-order valence-corrected chi connectivity index (χ4v) is 2.91. The summed E-state index contributed by atoms with van der Waals surface area (Å²) in [6, 6.07) is 19.7. The van der Waals surface area contributed by atoms with Crippen LogP contribution < -0.4 is 5.32 Å². The zero-order chi connectivity index (χ0) is 15.2. The standard InChI is InChI=1S/C19H21NO2.ClH/c21-19(22-17-12-7-13-20-14-17)18(15-8-3-1-4-9-15)16-10-5-2-6-11-16;/h1-6,8-11,17-18,20H,7,12-14H2;1H. The van der Waals surface area contributed by atoms with Crippen molar-refractivity contribution in [2.75, 3.05) is 13.1 Å². The molecule has 1 heterocycles. The molecular formula is C19H22ClNO2. The number of hydrogen-bond acceptors (Lipinski definition) is 3. The Kier molecular flexibility index (Phi) is 6.63. The van der Waals surface area contributed by atoms with Crippen LogP contribution in [-0.2, 0) is 9.53 Å². The van der Waals surface area contributed by atoms with Gasteiger partial charge in [-0.15, -0.1) is 12.4 Å². The predicted octanol–water partition coefficient (Wildman–Crippen LogP) is 3.54. The third kappa shape index (κ3) is 4.57. The van der Waals surface area contributed by atoms with Crippen LogP contribution in [0.3, 0.4) is 0 Å². The Bertz CT molecular complexity index is 558. The molecule has 0 radical (unpaired) electrons. The van der Waals surface area contributed by atoms with Crippen LogP contribution in [-0.4, -0.2) is 25.2 Å². The van der Waals surface area contributed by atoms with Crippen LogP contribution in [0.2, 0.25) is 0 Å². The molecular weight excluding hydrogens is 310 g/mol. The minimum Gasteiger partial charge on any atom is -0.460 e. The summed E-state index contributed by atoms with van der Waals surface area (Å²) in [5.74, 6) is -0.518. The van der Waals surface area contributed by atoms with Crippen molar-refractivity contribution in [1.29, 1.82) is 0 Å². The average molecular weight is 332 g/mol. The van der Waals surface area contributed by atoms with Crippen LogP contribution in [0.15, 0.2) is 60.7 Å². The van der Waals surface area contributed by atoms with Crippen molar-refractivity contribution in [2.24, 2.45) is 0 Å². The van der Waals surface area contributed by atoms with Crippen molar-refractivity contribution in [3.63, 3.8) is 0 Å². The first-order chi connectivity index (χ1) is 10.8. The second-order valence-corrected chi connectivity index (χ2v) is 5.66. The quantitative estimate of drug-likeness (QED) is 0.871. The summed E-state index contributed by atoms with van der Waals surface area (Å²) in [5, 5.41) is 3.28. The number of ether oxygens (including phenoxy) is 1. The van der Waals surface area contributed by atoms with Crippen LogP contribution in [0.4, 0.5) is 0 Å². The number of nitrogens with one attached hydrogen (secondary N) is 1. The minimum absolute atomic E-state index is 0. The number of benzene rings is 2. The zero-order valence-corrected chi connectivity index (χ0v) is 13.8. The maximum Gasteiger partial charge on any atom is 0.318 e. The molecule has 122 valence electrons. The van der Waals surface area contributed by atoms with Crippen LogP contribution >= 0.6 is 12.4 Å². The highest BCUT2D eigenvalue weighted by molar-refractivity contribution is 5.85. The molecule has 1 saturated heterocycles. The molecule has 3 nitrogen and oxygen atoms in total.